The number of aromatic nitrogens is 1. The molecule has 0 radical (unpaired) electrons. The van der Waals surface area contributed by atoms with Crippen molar-refractivity contribution in [3.8, 4) is 5.75 Å². The van der Waals surface area contributed by atoms with Crippen molar-refractivity contribution in [2.75, 3.05) is 7.11 Å². The van der Waals surface area contributed by atoms with E-state index < -0.39 is 5.97 Å². The summed E-state index contributed by atoms with van der Waals surface area (Å²) < 4.78 is 7.23. The lowest BCUT2D eigenvalue weighted by Crippen LogP contribution is -2.03. The second-order valence-electron chi connectivity index (χ2n) is 8.55. The lowest BCUT2D eigenvalue weighted by molar-refractivity contribution is 0.0603. The number of nitrogens with zero attached hydrogens (tertiary/aromatic N) is 1. The van der Waals surface area contributed by atoms with Crippen molar-refractivity contribution in [2.45, 2.75) is 26.3 Å². The maximum absolute atomic E-state index is 12.6. The van der Waals surface area contributed by atoms with Crippen LogP contribution in [0.5, 0.6) is 5.75 Å². The van der Waals surface area contributed by atoms with Crippen LogP contribution in [0.15, 0.2) is 72.8 Å². The topological polar surface area (TPSA) is 51.5 Å². The molecule has 1 N–H and O–H groups in total. The lowest BCUT2D eigenvalue weighted by Gasteiger charge is -2.12. The Morgan fingerprint density at radius 1 is 0.906 bits per heavy atom. The summed E-state index contributed by atoms with van der Waals surface area (Å²) in [5.41, 5.74) is 4.47. The number of hydrogen-bond donors (Lipinski definition) is 1. The zero-order valence-electron chi connectivity index (χ0n) is 18.4. The maximum Gasteiger partial charge on any atom is 0.338 e. The molecule has 32 heavy (non-hydrogen) atoms. The summed E-state index contributed by atoms with van der Waals surface area (Å²) in [4.78, 5) is 12.6. The van der Waals surface area contributed by atoms with Crippen LogP contribution in [-0.4, -0.2) is 22.8 Å². The van der Waals surface area contributed by atoms with Gasteiger partial charge in [-0.2, -0.15) is 0 Å². The van der Waals surface area contributed by atoms with Crippen LogP contribution < -0.4 is 0 Å². The fourth-order valence-corrected chi connectivity index (χ4v) is 4.56. The smallest absolute Gasteiger partial charge is 0.338 e. The molecule has 0 aliphatic rings. The van der Waals surface area contributed by atoms with Crippen LogP contribution in [0.3, 0.4) is 0 Å². The van der Waals surface area contributed by atoms with E-state index in [-0.39, 0.29) is 11.7 Å². The van der Waals surface area contributed by atoms with Crippen molar-refractivity contribution in [2.24, 2.45) is 0 Å². The summed E-state index contributed by atoms with van der Waals surface area (Å²) in [7, 11) is 1.38. The van der Waals surface area contributed by atoms with Crippen molar-refractivity contribution < 1.29 is 14.6 Å². The Balaban J connectivity index is 1.81. The molecule has 0 aliphatic heterocycles. The largest absolute Gasteiger partial charge is 0.507 e. The zero-order chi connectivity index (χ0) is 22.4. The number of phenols is 1. The number of methoxy groups -OCH3 is 1. The molecule has 4 nitrogen and oxygen atoms in total. The van der Waals surface area contributed by atoms with Gasteiger partial charge in [-0.05, 0) is 58.1 Å². The van der Waals surface area contributed by atoms with Crippen molar-refractivity contribution in [3.63, 3.8) is 0 Å². The van der Waals surface area contributed by atoms with E-state index in [9.17, 15) is 9.90 Å². The Bertz CT molecular complexity index is 1490. The first-order chi connectivity index (χ1) is 15.5. The first-order valence-corrected chi connectivity index (χ1v) is 10.8. The van der Waals surface area contributed by atoms with Crippen molar-refractivity contribution in [3.05, 3.63) is 89.5 Å². The number of aromatic hydroxyl groups is 1. The van der Waals surface area contributed by atoms with Gasteiger partial charge in [-0.1, -0.05) is 56.3 Å². The molecule has 0 atom stereocenters. The molecule has 1 heterocycles. The molecule has 5 aromatic rings. The van der Waals surface area contributed by atoms with Gasteiger partial charge < -0.3 is 14.4 Å². The zero-order valence-corrected chi connectivity index (χ0v) is 18.4. The van der Waals surface area contributed by atoms with Crippen molar-refractivity contribution >= 4 is 38.5 Å². The molecule has 0 unspecified atom stereocenters. The molecule has 1 aromatic heterocycles. The highest BCUT2D eigenvalue weighted by Gasteiger charge is 2.21. The van der Waals surface area contributed by atoms with E-state index in [0.717, 1.165) is 27.5 Å². The molecule has 0 saturated heterocycles. The standard InChI is InChI=1S/C28H25NO3/c1-17(2)21-14-24-27(25(30)15-21)26-22(28(31)32-3)9-6-10-23(26)29(24)16-18-11-12-19-7-4-5-8-20(19)13-18/h4-15,17,30H,16H2,1-3H3. The third-order valence-corrected chi connectivity index (χ3v) is 6.22. The summed E-state index contributed by atoms with van der Waals surface area (Å²) in [6.07, 6.45) is 0. The van der Waals surface area contributed by atoms with Gasteiger partial charge in [-0.25, -0.2) is 4.79 Å². The Morgan fingerprint density at radius 2 is 1.69 bits per heavy atom. The molecule has 0 fully saturated rings. The van der Waals surface area contributed by atoms with E-state index in [1.807, 2.05) is 24.3 Å². The monoisotopic (exact) mass is 423 g/mol. The van der Waals surface area contributed by atoms with E-state index in [1.165, 1.54) is 17.9 Å². The SMILES string of the molecule is COC(=O)c1cccc2c1c1c(O)cc(C(C)C)cc1n2Cc1ccc2ccccc2c1. The van der Waals surface area contributed by atoms with Crippen molar-refractivity contribution in [1.29, 1.82) is 0 Å². The van der Waals surface area contributed by atoms with Crippen LogP contribution in [-0.2, 0) is 11.3 Å². The Morgan fingerprint density at radius 3 is 2.44 bits per heavy atom. The highest BCUT2D eigenvalue weighted by atomic mass is 16.5. The molecule has 5 rings (SSSR count). The normalized spacial score (nSPS) is 11.6. The highest BCUT2D eigenvalue weighted by Crippen LogP contribution is 2.40. The van der Waals surface area contributed by atoms with E-state index in [1.54, 1.807) is 12.1 Å². The predicted octanol–water partition coefficient (Wildman–Crippen LogP) is 6.61. The maximum atomic E-state index is 12.6. The van der Waals surface area contributed by atoms with Crippen LogP contribution >= 0.6 is 0 Å². The van der Waals surface area contributed by atoms with Crippen LogP contribution in [0.4, 0.5) is 0 Å². The number of phenolic OH excluding ortho intramolecular Hbond substituents is 1. The van der Waals surface area contributed by atoms with E-state index in [0.29, 0.717) is 17.5 Å². The number of benzene rings is 4. The van der Waals surface area contributed by atoms with Gasteiger partial charge in [0.2, 0.25) is 0 Å². The first-order valence-electron chi connectivity index (χ1n) is 10.8. The number of rotatable bonds is 4. The second-order valence-corrected chi connectivity index (χ2v) is 8.55. The minimum Gasteiger partial charge on any atom is -0.507 e. The molecular weight excluding hydrogens is 398 g/mol. The first kappa shape index (κ1) is 20.1. The Kier molecular flexibility index (Phi) is 4.86. The molecular formula is C28H25NO3. The highest BCUT2D eigenvalue weighted by molar-refractivity contribution is 6.19. The number of hydrogen-bond acceptors (Lipinski definition) is 3. The summed E-state index contributed by atoms with van der Waals surface area (Å²) in [6.45, 7) is 4.84. The predicted molar refractivity (Wildman–Crippen MR) is 130 cm³/mol. The summed E-state index contributed by atoms with van der Waals surface area (Å²) >= 11 is 0. The van der Waals surface area contributed by atoms with Crippen LogP contribution in [0, 0.1) is 0 Å². The fraction of sp³-hybridized carbons (Fsp3) is 0.179. The molecule has 0 saturated carbocycles. The molecule has 0 amide bonds. The number of fused-ring (bicyclic) bond motifs is 4. The fourth-order valence-electron chi connectivity index (χ4n) is 4.56. The summed E-state index contributed by atoms with van der Waals surface area (Å²) in [6, 6.07) is 24.3. The van der Waals surface area contributed by atoms with E-state index in [4.69, 9.17) is 4.74 Å². The van der Waals surface area contributed by atoms with Gasteiger partial charge >= 0.3 is 5.97 Å². The van der Waals surface area contributed by atoms with Gasteiger partial charge in [0.05, 0.1) is 29.1 Å². The van der Waals surface area contributed by atoms with Gasteiger partial charge in [0, 0.05) is 11.9 Å². The Labute approximate surface area is 186 Å². The van der Waals surface area contributed by atoms with E-state index >= 15 is 0 Å². The van der Waals surface area contributed by atoms with Gasteiger partial charge in [0.15, 0.2) is 0 Å². The molecule has 0 bridgehead atoms. The molecule has 0 spiro atoms. The second kappa shape index (κ2) is 7.72. The Hall–Kier alpha value is -3.79. The third-order valence-electron chi connectivity index (χ3n) is 6.22. The third kappa shape index (κ3) is 3.19. The van der Waals surface area contributed by atoms with Gasteiger partial charge in [-0.15, -0.1) is 0 Å². The van der Waals surface area contributed by atoms with Crippen LogP contribution in [0.25, 0.3) is 32.6 Å². The average Bonchev–Trinajstić information content (AvgIpc) is 3.12. The molecule has 0 aliphatic carbocycles. The number of ether oxygens (including phenoxy) is 1. The van der Waals surface area contributed by atoms with Gasteiger partial charge in [0.25, 0.3) is 0 Å². The average molecular weight is 424 g/mol. The number of carbonyl (C=O) groups excluding carboxylic acids is 1. The van der Waals surface area contributed by atoms with Gasteiger partial charge in [0.1, 0.15) is 5.75 Å². The minimum absolute atomic E-state index is 0.185. The number of esters is 1. The molecule has 4 aromatic carbocycles. The summed E-state index contributed by atoms with van der Waals surface area (Å²) in [5, 5.41) is 14.8. The quantitative estimate of drug-likeness (QED) is 0.331. The minimum atomic E-state index is -0.410. The molecule has 4 heteroatoms. The lowest BCUT2D eigenvalue weighted by atomic mass is 9.99. The summed E-state index contributed by atoms with van der Waals surface area (Å²) in [5.74, 6) is 0.0371. The van der Waals surface area contributed by atoms with E-state index in [2.05, 4.69) is 54.8 Å². The van der Waals surface area contributed by atoms with Gasteiger partial charge in [-0.3, -0.25) is 0 Å². The van der Waals surface area contributed by atoms with Crippen molar-refractivity contribution in [1.82, 2.24) is 4.57 Å². The van der Waals surface area contributed by atoms with Crippen LogP contribution in [0.1, 0.15) is 41.3 Å². The molecule has 160 valence electrons. The van der Waals surface area contributed by atoms with Crippen LogP contribution in [0.2, 0.25) is 0 Å². The number of carbonyl (C=O) groups is 1.